The minimum Gasteiger partial charge on any atom is -0.478 e. The van der Waals surface area contributed by atoms with Crippen molar-refractivity contribution in [1.29, 1.82) is 0 Å². The third-order valence-electron chi connectivity index (χ3n) is 2.81. The van der Waals surface area contributed by atoms with Gasteiger partial charge in [-0.2, -0.15) is 0 Å². The Labute approximate surface area is 131 Å². The molecular formula is C14H15N3O4S. The van der Waals surface area contributed by atoms with Crippen LogP contribution in [0.1, 0.15) is 13.3 Å². The van der Waals surface area contributed by atoms with E-state index in [9.17, 15) is 14.9 Å². The minimum atomic E-state index is -0.567. The van der Waals surface area contributed by atoms with Crippen molar-refractivity contribution in [3.63, 3.8) is 0 Å². The molecule has 1 heterocycles. The van der Waals surface area contributed by atoms with Gasteiger partial charge in [0.25, 0.3) is 5.88 Å². The molecule has 0 spiro atoms. The van der Waals surface area contributed by atoms with Gasteiger partial charge in [0.15, 0.2) is 5.04 Å². The van der Waals surface area contributed by atoms with Crippen LogP contribution >= 0.6 is 11.8 Å². The van der Waals surface area contributed by atoms with E-state index in [-0.39, 0.29) is 28.8 Å². The molecule has 22 heavy (non-hydrogen) atoms. The average Bonchev–Trinajstić information content (AvgIpc) is 2.46. The number of aliphatic imine (C=N–C) groups is 1. The van der Waals surface area contributed by atoms with Crippen LogP contribution in [0.2, 0.25) is 0 Å². The Morgan fingerprint density at radius 3 is 2.68 bits per heavy atom. The van der Waals surface area contributed by atoms with Gasteiger partial charge in [-0.15, -0.1) is 0 Å². The van der Waals surface area contributed by atoms with Gasteiger partial charge in [0.05, 0.1) is 12.0 Å². The fraction of sp³-hybridized carbons (Fsp3) is 0.286. The molecule has 1 aromatic rings. The monoisotopic (exact) mass is 321 g/mol. The zero-order valence-electron chi connectivity index (χ0n) is 12.1. The number of hydrogen-bond acceptors (Lipinski definition) is 7. The molecule has 1 atom stereocenters. The molecule has 1 aromatic carbocycles. The van der Waals surface area contributed by atoms with E-state index >= 15 is 0 Å². The number of nitrogens with one attached hydrogen (secondary N) is 1. The number of ether oxygens (including phenoxy) is 1. The van der Waals surface area contributed by atoms with E-state index in [0.717, 1.165) is 4.90 Å². The van der Waals surface area contributed by atoms with Crippen molar-refractivity contribution >= 4 is 22.6 Å². The number of thioether (sulfide) groups is 1. The van der Waals surface area contributed by atoms with Crippen LogP contribution < -0.4 is 5.32 Å². The topological polar surface area (TPSA) is 93.8 Å². The lowest BCUT2D eigenvalue weighted by Crippen LogP contribution is -2.37. The van der Waals surface area contributed by atoms with Gasteiger partial charge in [-0.05, 0) is 19.1 Å². The number of Topliss-reactive ketones (excluding diaryl/α,β-unsaturated/α-hetero) is 1. The van der Waals surface area contributed by atoms with Crippen LogP contribution in [0.15, 0.2) is 51.8 Å². The number of carbonyl (C=O) groups excluding carboxylic acids is 1. The van der Waals surface area contributed by atoms with Crippen molar-refractivity contribution in [1.82, 2.24) is 5.32 Å². The lowest BCUT2D eigenvalue weighted by Gasteiger charge is -2.22. The summed E-state index contributed by atoms with van der Waals surface area (Å²) in [5.74, 6) is -0.0463. The maximum Gasteiger partial charge on any atom is 0.360 e. The second-order valence-electron chi connectivity index (χ2n) is 4.55. The van der Waals surface area contributed by atoms with Crippen molar-refractivity contribution in [2.24, 2.45) is 4.99 Å². The lowest BCUT2D eigenvalue weighted by atomic mass is 10.2. The second kappa shape index (κ2) is 7.08. The highest BCUT2D eigenvalue weighted by molar-refractivity contribution is 8.14. The van der Waals surface area contributed by atoms with Crippen molar-refractivity contribution in [3.05, 3.63) is 52.0 Å². The van der Waals surface area contributed by atoms with Gasteiger partial charge in [-0.1, -0.05) is 30.0 Å². The number of rotatable bonds is 5. The Kier molecular flexibility index (Phi) is 5.16. The van der Waals surface area contributed by atoms with E-state index in [1.54, 1.807) is 0 Å². The van der Waals surface area contributed by atoms with Crippen LogP contribution in [-0.4, -0.2) is 29.0 Å². The van der Waals surface area contributed by atoms with Crippen molar-refractivity contribution in [2.75, 3.05) is 7.11 Å². The smallest absolute Gasteiger partial charge is 0.360 e. The summed E-state index contributed by atoms with van der Waals surface area (Å²) >= 11 is 1.17. The van der Waals surface area contributed by atoms with Gasteiger partial charge in [0, 0.05) is 11.3 Å². The summed E-state index contributed by atoms with van der Waals surface area (Å²) in [5.41, 5.74) is -0.226. The minimum absolute atomic E-state index is 0.0182. The summed E-state index contributed by atoms with van der Waals surface area (Å²) in [6, 6.07) is 9.20. The van der Waals surface area contributed by atoms with E-state index in [2.05, 4.69) is 10.3 Å². The summed E-state index contributed by atoms with van der Waals surface area (Å²) in [7, 11) is 1.34. The number of hydrogen-bond donors (Lipinski definition) is 1. The summed E-state index contributed by atoms with van der Waals surface area (Å²) in [5, 5.41) is 14.3. The Bertz CT molecular complexity index is 643. The van der Waals surface area contributed by atoms with Crippen molar-refractivity contribution in [3.8, 4) is 0 Å². The van der Waals surface area contributed by atoms with Crippen LogP contribution in [0.3, 0.4) is 0 Å². The van der Waals surface area contributed by atoms with Crippen molar-refractivity contribution in [2.45, 2.75) is 24.4 Å². The molecule has 7 nitrogen and oxygen atoms in total. The normalized spacial score (nSPS) is 17.5. The molecule has 0 bridgehead atoms. The first-order valence-corrected chi connectivity index (χ1v) is 7.32. The maximum absolute atomic E-state index is 11.3. The van der Waals surface area contributed by atoms with Gasteiger partial charge in [0.2, 0.25) is 0 Å². The predicted octanol–water partition coefficient (Wildman–Crippen LogP) is 2.18. The molecule has 0 aromatic heterocycles. The molecule has 0 saturated carbocycles. The number of carbonyl (C=O) groups is 1. The maximum atomic E-state index is 11.3. The lowest BCUT2D eigenvalue weighted by molar-refractivity contribution is -0.418. The van der Waals surface area contributed by atoms with Gasteiger partial charge >= 0.3 is 5.70 Å². The Balaban J connectivity index is 2.37. The fourth-order valence-corrected chi connectivity index (χ4v) is 2.87. The van der Waals surface area contributed by atoms with Crippen LogP contribution in [0.5, 0.6) is 0 Å². The molecule has 8 heteroatoms. The molecule has 1 aliphatic rings. The third kappa shape index (κ3) is 3.85. The Hall–Kier alpha value is -2.35. The molecule has 116 valence electrons. The summed E-state index contributed by atoms with van der Waals surface area (Å²) < 4.78 is 5.07. The highest BCUT2D eigenvalue weighted by atomic mass is 32.2. The SMILES string of the molecule is COC1=C([N+](=O)[O-])C(Sc2ccccc2)=N[C@@H](CC(C)=O)N1. The van der Waals surface area contributed by atoms with E-state index in [0.29, 0.717) is 0 Å². The first kappa shape index (κ1) is 16.0. The van der Waals surface area contributed by atoms with Crippen LogP contribution in [-0.2, 0) is 9.53 Å². The number of benzene rings is 1. The van der Waals surface area contributed by atoms with E-state index < -0.39 is 11.1 Å². The Morgan fingerprint density at radius 1 is 1.45 bits per heavy atom. The van der Waals surface area contributed by atoms with Gasteiger partial charge < -0.3 is 10.1 Å². The molecule has 0 unspecified atom stereocenters. The standard InChI is InChI=1S/C14H15N3O4S/c1-9(18)8-11-15-13(21-2)12(17(19)20)14(16-11)22-10-6-4-3-5-7-10/h3-7,11,15H,8H2,1-2H3/t11-/m0/s1. The number of nitrogens with zero attached hydrogens (tertiary/aromatic N) is 2. The molecule has 2 rings (SSSR count). The number of ketones is 1. The summed E-state index contributed by atoms with van der Waals surface area (Å²) in [6.07, 6.45) is -0.432. The third-order valence-corrected chi connectivity index (χ3v) is 3.81. The number of nitro groups is 1. The van der Waals surface area contributed by atoms with Crippen LogP contribution in [0.25, 0.3) is 0 Å². The quantitative estimate of drug-likeness (QED) is 0.660. The van der Waals surface area contributed by atoms with E-state index in [4.69, 9.17) is 4.74 Å². The fourth-order valence-electron chi connectivity index (χ4n) is 1.91. The molecule has 0 amide bonds. The van der Waals surface area contributed by atoms with Gasteiger partial charge in [0.1, 0.15) is 11.9 Å². The molecule has 0 radical (unpaired) electrons. The van der Waals surface area contributed by atoms with Crippen molar-refractivity contribution < 1.29 is 14.5 Å². The second-order valence-corrected chi connectivity index (χ2v) is 5.62. The Morgan fingerprint density at radius 2 is 2.14 bits per heavy atom. The highest BCUT2D eigenvalue weighted by Crippen LogP contribution is 2.28. The van der Waals surface area contributed by atoms with E-state index in [1.165, 1.54) is 25.8 Å². The first-order chi connectivity index (χ1) is 10.5. The zero-order chi connectivity index (χ0) is 16.1. The molecule has 1 N–H and O–H groups in total. The van der Waals surface area contributed by atoms with Crippen LogP contribution in [0.4, 0.5) is 0 Å². The molecular weight excluding hydrogens is 306 g/mol. The largest absolute Gasteiger partial charge is 0.478 e. The van der Waals surface area contributed by atoms with E-state index in [1.807, 2.05) is 30.3 Å². The molecule has 0 saturated heterocycles. The van der Waals surface area contributed by atoms with Gasteiger partial charge in [-0.3, -0.25) is 14.9 Å². The highest BCUT2D eigenvalue weighted by Gasteiger charge is 2.34. The summed E-state index contributed by atoms with van der Waals surface area (Å²) in [4.78, 5) is 27.2. The predicted molar refractivity (Wildman–Crippen MR) is 83.0 cm³/mol. The number of methoxy groups -OCH3 is 1. The van der Waals surface area contributed by atoms with Gasteiger partial charge in [-0.25, -0.2) is 4.99 Å². The summed E-state index contributed by atoms with van der Waals surface area (Å²) in [6.45, 7) is 1.44. The molecule has 0 aliphatic carbocycles. The average molecular weight is 321 g/mol. The zero-order valence-corrected chi connectivity index (χ0v) is 12.9. The first-order valence-electron chi connectivity index (χ1n) is 6.51. The molecule has 1 aliphatic heterocycles. The van der Waals surface area contributed by atoms with Crippen LogP contribution in [0, 0.1) is 10.1 Å². The molecule has 0 fully saturated rings.